The monoisotopic (exact) mass is 991 g/mol. The highest BCUT2D eigenvalue weighted by molar-refractivity contribution is 5.69. The highest BCUT2D eigenvalue weighted by atomic mass is 16.7. The number of allylic oxidation sites excluding steroid dienone is 14. The first kappa shape index (κ1) is 63.3. The van der Waals surface area contributed by atoms with E-state index in [2.05, 4.69) is 98.9 Å². The minimum Gasteiger partial charge on any atom is -0.457 e. The molecule has 0 spiro atoms. The van der Waals surface area contributed by atoms with Gasteiger partial charge in [-0.05, 0) is 89.9 Å². The molecule has 0 aromatic heterocycles. The van der Waals surface area contributed by atoms with E-state index in [1.54, 1.807) is 0 Å². The highest BCUT2D eigenvalue weighted by Crippen LogP contribution is 2.26. The number of carbonyl (C=O) groups excluding carboxylic acids is 1. The molecular weight excluding hydrogens is 897 g/mol. The first-order chi connectivity index (χ1) is 34.1. The number of rotatable bonds is 41. The Balaban J connectivity index is 1.79. The van der Waals surface area contributed by atoms with E-state index in [0.717, 1.165) is 83.5 Å². The van der Waals surface area contributed by atoms with Gasteiger partial charge in [0.1, 0.15) is 54.9 Å². The molecule has 0 saturated carbocycles. The second-order valence-corrected chi connectivity index (χ2v) is 18.3. The second kappa shape index (κ2) is 42.7. The summed E-state index contributed by atoms with van der Waals surface area (Å²) >= 11 is 0. The van der Waals surface area contributed by atoms with E-state index in [-0.39, 0.29) is 19.6 Å². The van der Waals surface area contributed by atoms with Gasteiger partial charge in [0.25, 0.3) is 0 Å². The van der Waals surface area contributed by atoms with Crippen molar-refractivity contribution in [3.05, 3.63) is 85.1 Å². The van der Waals surface area contributed by atoms with Crippen molar-refractivity contribution in [2.75, 3.05) is 33.0 Å². The normalized spacial score (nSPS) is 26.2. The summed E-state index contributed by atoms with van der Waals surface area (Å²) in [6.07, 6.45) is 37.8. The van der Waals surface area contributed by atoms with Crippen LogP contribution in [0.4, 0.5) is 0 Å². The minimum absolute atomic E-state index is 0.0346. The van der Waals surface area contributed by atoms with Gasteiger partial charge in [-0.25, -0.2) is 0 Å². The van der Waals surface area contributed by atoms with Crippen LogP contribution in [-0.4, -0.2) is 142 Å². The van der Waals surface area contributed by atoms with Gasteiger partial charge in [0.2, 0.25) is 0 Å². The highest BCUT2D eigenvalue weighted by Gasteiger charge is 2.47. The number of hydrogen-bond donors (Lipinski definition) is 7. The van der Waals surface area contributed by atoms with E-state index in [4.69, 9.17) is 28.4 Å². The lowest BCUT2D eigenvalue weighted by Crippen LogP contribution is -2.61. The van der Waals surface area contributed by atoms with Crippen molar-refractivity contribution in [2.24, 2.45) is 0 Å². The molecule has 0 aromatic carbocycles. The number of unbranched alkanes of at least 4 members (excludes halogenated alkanes) is 13. The van der Waals surface area contributed by atoms with Gasteiger partial charge in [-0.1, -0.05) is 150 Å². The number of aliphatic hydroxyl groups excluding tert-OH is 7. The third kappa shape index (κ3) is 29.6. The van der Waals surface area contributed by atoms with Crippen molar-refractivity contribution in [3.63, 3.8) is 0 Å². The Hall–Kier alpha value is -2.83. The third-order valence-electron chi connectivity index (χ3n) is 12.1. The number of ether oxygens (including phenoxy) is 6. The Morgan fingerprint density at radius 2 is 0.929 bits per heavy atom. The standard InChI is InChI=1S/C56H94O14/c1-3-5-7-9-11-13-15-17-19-20-21-22-23-24-25-27-29-31-33-35-37-39-48(58)68-45(42-65-40-38-36-34-32-30-28-26-18-16-14-12-10-8-6-4-2)43-66-55-54(64)52(62)50(60)47(70-55)44-67-56-53(63)51(61)49(59)46(41-57)69-56/h5,7,11,13,16-19,21-22,24-25,29,31,45-47,49-57,59-64H,3-4,6,8-10,12,14-15,20,23,26-28,30,32-44H2,1-2H3/b7-5-,13-11-,18-16-,19-17-,22-21-,25-24-,31-29-. The van der Waals surface area contributed by atoms with Crippen molar-refractivity contribution in [1.29, 1.82) is 0 Å². The molecule has 0 bridgehead atoms. The lowest BCUT2D eigenvalue weighted by Gasteiger charge is -2.42. The van der Waals surface area contributed by atoms with E-state index in [1.807, 2.05) is 0 Å². The molecule has 14 nitrogen and oxygen atoms in total. The van der Waals surface area contributed by atoms with Crippen LogP contribution in [0.5, 0.6) is 0 Å². The third-order valence-corrected chi connectivity index (χ3v) is 12.1. The molecule has 14 heteroatoms. The van der Waals surface area contributed by atoms with E-state index in [9.17, 15) is 40.5 Å². The number of esters is 1. The Kier molecular flexibility index (Phi) is 38.6. The quantitative estimate of drug-likeness (QED) is 0.0174. The van der Waals surface area contributed by atoms with E-state index < -0.39 is 86.7 Å². The summed E-state index contributed by atoms with van der Waals surface area (Å²) in [6, 6.07) is 0. The molecule has 0 aliphatic carbocycles. The van der Waals surface area contributed by atoms with Crippen LogP contribution in [0.15, 0.2) is 85.1 Å². The van der Waals surface area contributed by atoms with Crippen LogP contribution < -0.4 is 0 Å². The summed E-state index contributed by atoms with van der Waals surface area (Å²) in [5, 5.41) is 72.2. The van der Waals surface area contributed by atoms with Crippen LogP contribution in [0.25, 0.3) is 0 Å². The zero-order valence-electron chi connectivity index (χ0n) is 42.7. The maximum Gasteiger partial charge on any atom is 0.306 e. The fourth-order valence-corrected chi connectivity index (χ4v) is 7.81. The summed E-state index contributed by atoms with van der Waals surface area (Å²) in [6.45, 7) is 3.47. The predicted octanol–water partition coefficient (Wildman–Crippen LogP) is 8.46. The van der Waals surface area contributed by atoms with Gasteiger partial charge >= 0.3 is 5.97 Å². The largest absolute Gasteiger partial charge is 0.457 e. The first-order valence-electron chi connectivity index (χ1n) is 26.7. The molecule has 0 radical (unpaired) electrons. The molecule has 2 aliphatic heterocycles. The lowest BCUT2D eigenvalue weighted by molar-refractivity contribution is -0.332. The van der Waals surface area contributed by atoms with Crippen molar-refractivity contribution in [3.8, 4) is 0 Å². The van der Waals surface area contributed by atoms with Gasteiger partial charge in [0.05, 0.1) is 26.4 Å². The van der Waals surface area contributed by atoms with Gasteiger partial charge < -0.3 is 64.2 Å². The predicted molar refractivity (Wildman–Crippen MR) is 275 cm³/mol. The van der Waals surface area contributed by atoms with Gasteiger partial charge in [-0.2, -0.15) is 0 Å². The van der Waals surface area contributed by atoms with E-state index >= 15 is 0 Å². The van der Waals surface area contributed by atoms with Crippen molar-refractivity contribution in [2.45, 2.75) is 229 Å². The van der Waals surface area contributed by atoms with Crippen molar-refractivity contribution in [1.82, 2.24) is 0 Å². The molecule has 0 aromatic rings. The lowest BCUT2D eigenvalue weighted by atomic mass is 9.98. The Morgan fingerprint density at radius 3 is 1.47 bits per heavy atom. The van der Waals surface area contributed by atoms with Crippen LogP contribution >= 0.6 is 0 Å². The van der Waals surface area contributed by atoms with E-state index in [1.165, 1.54) is 51.4 Å². The van der Waals surface area contributed by atoms with Gasteiger partial charge in [0.15, 0.2) is 12.6 Å². The van der Waals surface area contributed by atoms with Crippen LogP contribution in [-0.2, 0) is 33.2 Å². The van der Waals surface area contributed by atoms with Gasteiger partial charge in [-0.3, -0.25) is 4.79 Å². The molecule has 70 heavy (non-hydrogen) atoms. The van der Waals surface area contributed by atoms with E-state index in [0.29, 0.717) is 13.0 Å². The van der Waals surface area contributed by atoms with Gasteiger partial charge in [0, 0.05) is 13.0 Å². The number of carbonyl (C=O) groups is 1. The maximum atomic E-state index is 13.0. The summed E-state index contributed by atoms with van der Waals surface area (Å²) in [5.41, 5.74) is 0. The fraction of sp³-hybridized carbons (Fsp3) is 0.732. The summed E-state index contributed by atoms with van der Waals surface area (Å²) in [5.74, 6) is -0.423. The average Bonchev–Trinajstić information content (AvgIpc) is 3.36. The van der Waals surface area contributed by atoms with Gasteiger partial charge in [-0.15, -0.1) is 0 Å². The Morgan fingerprint density at radius 1 is 0.486 bits per heavy atom. The van der Waals surface area contributed by atoms with Crippen molar-refractivity contribution >= 4 is 5.97 Å². The molecule has 11 unspecified atom stereocenters. The zero-order chi connectivity index (χ0) is 50.9. The molecule has 2 heterocycles. The van der Waals surface area contributed by atoms with Crippen LogP contribution in [0.1, 0.15) is 162 Å². The molecule has 11 atom stereocenters. The van der Waals surface area contributed by atoms with Crippen LogP contribution in [0.2, 0.25) is 0 Å². The molecule has 7 N–H and O–H groups in total. The van der Waals surface area contributed by atoms with Crippen LogP contribution in [0.3, 0.4) is 0 Å². The number of hydrogen-bond acceptors (Lipinski definition) is 14. The number of aliphatic hydroxyl groups is 7. The average molecular weight is 991 g/mol. The fourth-order valence-electron chi connectivity index (χ4n) is 7.81. The molecule has 0 amide bonds. The van der Waals surface area contributed by atoms with Crippen molar-refractivity contribution < 1.29 is 69.0 Å². The summed E-state index contributed by atoms with van der Waals surface area (Å²) in [4.78, 5) is 13.0. The molecule has 402 valence electrons. The van der Waals surface area contributed by atoms with Crippen LogP contribution in [0, 0.1) is 0 Å². The summed E-state index contributed by atoms with van der Waals surface area (Å²) in [7, 11) is 0. The second-order valence-electron chi connectivity index (χ2n) is 18.3. The molecule has 2 rings (SSSR count). The molecule has 2 saturated heterocycles. The molecule has 2 aliphatic rings. The zero-order valence-corrected chi connectivity index (χ0v) is 42.7. The molecule has 2 fully saturated rings. The maximum absolute atomic E-state index is 13.0. The SMILES string of the molecule is CC/C=C\C/C=C\C/C=C\C/C=C\C/C=C\C/C=C\CCCCC(=O)OC(COCCCCCCCC/C=C\CCCCCCC)COC1OC(COC2OC(CO)C(O)C(O)C2O)C(O)C(O)C1O. The summed E-state index contributed by atoms with van der Waals surface area (Å²) < 4.78 is 34.2. The molecular formula is C56H94O14. The first-order valence-corrected chi connectivity index (χ1v) is 26.7. The Bertz CT molecular complexity index is 1480. The minimum atomic E-state index is -1.72. The Labute approximate surface area is 420 Å². The smallest absolute Gasteiger partial charge is 0.306 e. The topological polar surface area (TPSA) is 214 Å².